The Morgan fingerprint density at radius 1 is 1.15 bits per heavy atom. The molecule has 0 unspecified atom stereocenters. The first-order valence-corrected chi connectivity index (χ1v) is 9.36. The molecule has 2 aliphatic rings. The van der Waals surface area contributed by atoms with E-state index in [-0.39, 0.29) is 24.0 Å². The Labute approximate surface area is 174 Å². The number of anilines is 1. The Morgan fingerprint density at radius 2 is 1.88 bits per heavy atom. The quantitative estimate of drug-likeness (QED) is 0.192. The van der Waals surface area contributed by atoms with E-state index < -0.39 is 0 Å². The van der Waals surface area contributed by atoms with E-state index in [1.165, 1.54) is 24.1 Å². The fraction of sp³-hybridized carbons (Fsp3) is 0.550. The van der Waals surface area contributed by atoms with E-state index >= 15 is 0 Å². The molecule has 1 saturated carbocycles. The number of nitrogens with zero attached hydrogens (tertiary/aromatic N) is 2. The average Bonchev–Trinajstić information content (AvgIpc) is 3.31. The highest BCUT2D eigenvalue weighted by Crippen LogP contribution is 2.28. The van der Waals surface area contributed by atoms with Crippen molar-refractivity contribution < 1.29 is 4.74 Å². The minimum Gasteiger partial charge on any atom is -0.381 e. The lowest BCUT2D eigenvalue weighted by Crippen LogP contribution is -2.37. The van der Waals surface area contributed by atoms with Gasteiger partial charge in [0.05, 0.1) is 0 Å². The monoisotopic (exact) mass is 470 g/mol. The standard InChI is InChI=1S/C20H30N4O.HI/c1-21-20(22-11-4-14-25-16-18-5-6-18)23-15-17-7-9-19(10-8-17)24-12-2-3-13-24;/h2-3,7-10,18H,4-6,11-16H2,1H3,(H2,21,22,23);1H. The lowest BCUT2D eigenvalue weighted by atomic mass is 10.2. The van der Waals surface area contributed by atoms with Gasteiger partial charge >= 0.3 is 0 Å². The maximum Gasteiger partial charge on any atom is 0.191 e. The van der Waals surface area contributed by atoms with E-state index in [0.29, 0.717) is 0 Å². The number of hydrogen-bond donors (Lipinski definition) is 2. The Morgan fingerprint density at radius 3 is 2.54 bits per heavy atom. The molecule has 0 radical (unpaired) electrons. The van der Waals surface area contributed by atoms with Crippen molar-refractivity contribution in [2.24, 2.45) is 10.9 Å². The normalized spacial score (nSPS) is 16.5. The van der Waals surface area contributed by atoms with Gasteiger partial charge in [0, 0.05) is 52.1 Å². The molecule has 0 bridgehead atoms. The van der Waals surface area contributed by atoms with Gasteiger partial charge in [0.1, 0.15) is 0 Å². The molecule has 5 nitrogen and oxygen atoms in total. The molecule has 1 aromatic rings. The molecule has 0 saturated heterocycles. The predicted octanol–water partition coefficient (Wildman–Crippen LogP) is 3.16. The second kappa shape index (κ2) is 11.4. The molecule has 26 heavy (non-hydrogen) atoms. The van der Waals surface area contributed by atoms with Crippen LogP contribution >= 0.6 is 24.0 Å². The molecule has 0 aromatic heterocycles. The molecule has 3 rings (SSSR count). The summed E-state index contributed by atoms with van der Waals surface area (Å²) >= 11 is 0. The fourth-order valence-electron chi connectivity index (χ4n) is 2.84. The van der Waals surface area contributed by atoms with Crippen LogP contribution in [-0.4, -0.2) is 45.9 Å². The van der Waals surface area contributed by atoms with E-state index in [9.17, 15) is 0 Å². The second-order valence-electron chi connectivity index (χ2n) is 6.77. The van der Waals surface area contributed by atoms with Gasteiger partial charge in [0.2, 0.25) is 0 Å². The number of hydrogen-bond acceptors (Lipinski definition) is 3. The smallest absolute Gasteiger partial charge is 0.191 e. The first kappa shape index (κ1) is 21.0. The van der Waals surface area contributed by atoms with Gasteiger partial charge in [0.25, 0.3) is 0 Å². The molecule has 0 spiro atoms. The van der Waals surface area contributed by atoms with Crippen LogP contribution in [0.4, 0.5) is 5.69 Å². The van der Waals surface area contributed by atoms with Crippen molar-refractivity contribution in [3.05, 3.63) is 42.0 Å². The lowest BCUT2D eigenvalue weighted by Gasteiger charge is -2.18. The zero-order valence-corrected chi connectivity index (χ0v) is 17.9. The van der Waals surface area contributed by atoms with Crippen LogP contribution in [0.25, 0.3) is 0 Å². The summed E-state index contributed by atoms with van der Waals surface area (Å²) in [5.41, 5.74) is 2.54. The molecule has 0 amide bonds. The minimum atomic E-state index is 0. The summed E-state index contributed by atoms with van der Waals surface area (Å²) in [6, 6.07) is 8.74. The third-order valence-electron chi connectivity index (χ3n) is 4.61. The SMILES string of the molecule is CN=C(NCCCOCC1CC1)NCc1ccc(N2CC=CC2)cc1.I. The van der Waals surface area contributed by atoms with Gasteiger partial charge in [-0.25, -0.2) is 0 Å². The Bertz CT molecular complexity index is 576. The van der Waals surface area contributed by atoms with Gasteiger partial charge in [-0.15, -0.1) is 24.0 Å². The van der Waals surface area contributed by atoms with Gasteiger partial charge < -0.3 is 20.3 Å². The van der Waals surface area contributed by atoms with Gasteiger partial charge in [0.15, 0.2) is 5.96 Å². The summed E-state index contributed by atoms with van der Waals surface area (Å²) in [6.07, 6.45) is 8.13. The number of aliphatic imine (C=N–C) groups is 1. The van der Waals surface area contributed by atoms with Crippen LogP contribution in [0.1, 0.15) is 24.8 Å². The topological polar surface area (TPSA) is 48.9 Å². The number of nitrogens with one attached hydrogen (secondary N) is 2. The predicted molar refractivity (Wildman–Crippen MR) is 120 cm³/mol. The Balaban J connectivity index is 0.00000243. The first-order valence-electron chi connectivity index (χ1n) is 9.36. The van der Waals surface area contributed by atoms with Crippen LogP contribution in [0.3, 0.4) is 0 Å². The largest absolute Gasteiger partial charge is 0.381 e. The summed E-state index contributed by atoms with van der Waals surface area (Å²) in [7, 11) is 1.81. The number of rotatable bonds is 9. The number of benzene rings is 1. The first-order chi connectivity index (χ1) is 12.3. The highest BCUT2D eigenvalue weighted by molar-refractivity contribution is 14.0. The molecule has 1 aromatic carbocycles. The zero-order valence-electron chi connectivity index (χ0n) is 15.6. The molecule has 0 atom stereocenters. The van der Waals surface area contributed by atoms with Crippen molar-refractivity contribution in [1.29, 1.82) is 0 Å². The Kier molecular flexibility index (Phi) is 9.25. The maximum atomic E-state index is 5.65. The molecule has 144 valence electrons. The maximum absolute atomic E-state index is 5.65. The summed E-state index contributed by atoms with van der Waals surface area (Å²) in [5.74, 6) is 1.69. The van der Waals surface area contributed by atoms with Gasteiger partial charge in [-0.3, -0.25) is 4.99 Å². The number of guanidine groups is 1. The van der Waals surface area contributed by atoms with Crippen molar-refractivity contribution in [3.8, 4) is 0 Å². The highest BCUT2D eigenvalue weighted by atomic mass is 127. The van der Waals surface area contributed by atoms with Crippen molar-refractivity contribution in [2.45, 2.75) is 25.8 Å². The van der Waals surface area contributed by atoms with Crippen LogP contribution in [0, 0.1) is 5.92 Å². The summed E-state index contributed by atoms with van der Waals surface area (Å²) in [4.78, 5) is 6.63. The van der Waals surface area contributed by atoms with Crippen molar-refractivity contribution in [3.63, 3.8) is 0 Å². The lowest BCUT2D eigenvalue weighted by molar-refractivity contribution is 0.123. The molecule has 1 aliphatic heterocycles. The van der Waals surface area contributed by atoms with Crippen molar-refractivity contribution >= 4 is 35.6 Å². The van der Waals surface area contributed by atoms with Gasteiger partial charge in [-0.05, 0) is 42.9 Å². The fourth-order valence-corrected chi connectivity index (χ4v) is 2.84. The molecular weight excluding hydrogens is 439 g/mol. The van der Waals surface area contributed by atoms with Gasteiger partial charge in [-0.1, -0.05) is 24.3 Å². The minimum absolute atomic E-state index is 0. The third-order valence-corrected chi connectivity index (χ3v) is 4.61. The van der Waals surface area contributed by atoms with E-state index in [1.54, 1.807) is 0 Å². The zero-order chi connectivity index (χ0) is 17.3. The van der Waals surface area contributed by atoms with Crippen LogP contribution in [0.15, 0.2) is 41.4 Å². The van der Waals surface area contributed by atoms with Crippen molar-refractivity contribution in [1.82, 2.24) is 10.6 Å². The van der Waals surface area contributed by atoms with Crippen LogP contribution in [0.5, 0.6) is 0 Å². The molecule has 1 aliphatic carbocycles. The number of ether oxygens (including phenoxy) is 1. The van der Waals surface area contributed by atoms with Crippen LogP contribution in [0.2, 0.25) is 0 Å². The highest BCUT2D eigenvalue weighted by Gasteiger charge is 2.20. The molecular formula is C20H31IN4O. The Hall–Kier alpha value is -1.28. The van der Waals surface area contributed by atoms with Crippen LogP contribution in [-0.2, 0) is 11.3 Å². The molecule has 2 N–H and O–H groups in total. The molecule has 1 fully saturated rings. The van der Waals surface area contributed by atoms with E-state index in [4.69, 9.17) is 4.74 Å². The van der Waals surface area contributed by atoms with Gasteiger partial charge in [-0.2, -0.15) is 0 Å². The second-order valence-corrected chi connectivity index (χ2v) is 6.77. The average molecular weight is 470 g/mol. The summed E-state index contributed by atoms with van der Waals surface area (Å²) in [6.45, 7) is 5.45. The van der Waals surface area contributed by atoms with Crippen molar-refractivity contribution in [2.75, 3.05) is 44.8 Å². The van der Waals surface area contributed by atoms with E-state index in [0.717, 1.165) is 57.7 Å². The van der Waals surface area contributed by atoms with E-state index in [2.05, 4.69) is 56.9 Å². The summed E-state index contributed by atoms with van der Waals surface area (Å²) < 4.78 is 5.65. The third kappa shape index (κ3) is 7.15. The van der Waals surface area contributed by atoms with E-state index in [1.807, 2.05) is 7.05 Å². The number of halogens is 1. The molecule has 1 heterocycles. The molecule has 6 heteroatoms. The van der Waals surface area contributed by atoms with Crippen LogP contribution < -0.4 is 15.5 Å². The summed E-state index contributed by atoms with van der Waals surface area (Å²) in [5, 5.41) is 6.71.